The molecule has 1 aromatic heterocycles. The summed E-state index contributed by atoms with van der Waals surface area (Å²) in [5.74, 6) is -0.406. The number of aliphatic hydroxyl groups excluding tert-OH is 1. The van der Waals surface area contributed by atoms with Crippen LogP contribution in [0.5, 0.6) is 0 Å². The Kier molecular flexibility index (Phi) is 5.13. The number of benzene rings is 1. The summed E-state index contributed by atoms with van der Waals surface area (Å²) >= 11 is 0. The zero-order chi connectivity index (χ0) is 17.9. The van der Waals surface area contributed by atoms with Gasteiger partial charge in [-0.1, -0.05) is 30.2 Å². The number of nitrogens with zero attached hydrogens (tertiary/aromatic N) is 3. The molecule has 1 amide bonds. The van der Waals surface area contributed by atoms with Crippen molar-refractivity contribution in [1.82, 2.24) is 20.3 Å². The number of carbonyl (C=O) groups excluding carboxylic acids is 1. The van der Waals surface area contributed by atoms with Crippen molar-refractivity contribution < 1.29 is 14.3 Å². The van der Waals surface area contributed by atoms with Crippen LogP contribution < -0.4 is 5.32 Å². The number of nitrogens with one attached hydrogen (secondary N) is 1. The molecule has 1 fully saturated rings. The van der Waals surface area contributed by atoms with Crippen molar-refractivity contribution in [3.8, 4) is 0 Å². The number of aliphatic hydroxyl groups is 1. The highest BCUT2D eigenvalue weighted by molar-refractivity contribution is 5.75. The van der Waals surface area contributed by atoms with Crippen molar-refractivity contribution in [2.45, 2.75) is 50.7 Å². The predicted molar refractivity (Wildman–Crippen MR) is 90.2 cm³/mol. The van der Waals surface area contributed by atoms with Gasteiger partial charge in [-0.3, -0.25) is 4.79 Å². The lowest BCUT2D eigenvalue weighted by atomic mass is 9.79. The minimum absolute atomic E-state index is 0.0548. The smallest absolute Gasteiger partial charge is 0.241 e. The third kappa shape index (κ3) is 4.04. The standard InChI is InChI=1S/C18H23FN4O2/c1-13(24)16-10-23(22-21-16)11-17(25)20-12-18(8-2-3-9-18)14-4-6-15(19)7-5-14/h4-7,10,13,24H,2-3,8-9,11-12H2,1H3,(H,20,25)/t13-/m0/s1. The van der Waals surface area contributed by atoms with Gasteiger partial charge in [0, 0.05) is 12.0 Å². The number of hydrogen-bond acceptors (Lipinski definition) is 4. The van der Waals surface area contributed by atoms with Gasteiger partial charge < -0.3 is 10.4 Å². The molecule has 1 heterocycles. The highest BCUT2D eigenvalue weighted by Crippen LogP contribution is 2.40. The van der Waals surface area contributed by atoms with Crippen LogP contribution in [0, 0.1) is 5.82 Å². The summed E-state index contributed by atoms with van der Waals surface area (Å²) in [6.07, 6.45) is 5.03. The molecule has 0 radical (unpaired) electrons. The number of hydrogen-bond donors (Lipinski definition) is 2. The van der Waals surface area contributed by atoms with E-state index in [9.17, 15) is 14.3 Å². The average molecular weight is 346 g/mol. The van der Waals surface area contributed by atoms with Crippen LogP contribution in [-0.2, 0) is 16.8 Å². The summed E-state index contributed by atoms with van der Waals surface area (Å²) in [6, 6.07) is 6.59. The summed E-state index contributed by atoms with van der Waals surface area (Å²) in [5.41, 5.74) is 1.38. The maximum absolute atomic E-state index is 13.2. The summed E-state index contributed by atoms with van der Waals surface area (Å²) in [6.45, 7) is 2.18. The number of rotatable bonds is 6. The van der Waals surface area contributed by atoms with E-state index in [-0.39, 0.29) is 23.7 Å². The SMILES string of the molecule is C[C@H](O)c1cn(CC(=O)NCC2(c3ccc(F)cc3)CCCC2)nn1. The molecule has 0 saturated heterocycles. The molecule has 0 aliphatic heterocycles. The number of carbonyl (C=O) groups is 1. The van der Waals surface area contributed by atoms with Crippen LogP contribution in [0.4, 0.5) is 4.39 Å². The summed E-state index contributed by atoms with van der Waals surface area (Å²) in [7, 11) is 0. The summed E-state index contributed by atoms with van der Waals surface area (Å²) in [4.78, 5) is 12.3. The van der Waals surface area contributed by atoms with Crippen LogP contribution in [0.25, 0.3) is 0 Å². The van der Waals surface area contributed by atoms with Crippen LogP contribution in [0.3, 0.4) is 0 Å². The molecular formula is C18H23FN4O2. The third-order valence-electron chi connectivity index (χ3n) is 4.93. The number of amides is 1. The van der Waals surface area contributed by atoms with Crippen molar-refractivity contribution in [3.63, 3.8) is 0 Å². The Morgan fingerprint density at radius 3 is 2.64 bits per heavy atom. The van der Waals surface area contributed by atoms with Crippen molar-refractivity contribution in [1.29, 1.82) is 0 Å². The van der Waals surface area contributed by atoms with Crippen LogP contribution in [-0.4, -0.2) is 32.6 Å². The number of halogens is 1. The molecule has 1 aromatic carbocycles. The number of aromatic nitrogens is 3. The lowest BCUT2D eigenvalue weighted by Crippen LogP contribution is -2.40. The monoisotopic (exact) mass is 346 g/mol. The fraction of sp³-hybridized carbons (Fsp3) is 0.500. The lowest BCUT2D eigenvalue weighted by molar-refractivity contribution is -0.122. The molecule has 2 aromatic rings. The van der Waals surface area contributed by atoms with Crippen molar-refractivity contribution in [2.75, 3.05) is 6.54 Å². The fourth-order valence-electron chi connectivity index (χ4n) is 3.48. The molecule has 25 heavy (non-hydrogen) atoms. The Hall–Kier alpha value is -2.28. The molecule has 1 aliphatic carbocycles. The topological polar surface area (TPSA) is 80.0 Å². The molecule has 6 nitrogen and oxygen atoms in total. The molecule has 3 rings (SSSR count). The van der Waals surface area contributed by atoms with E-state index in [4.69, 9.17) is 0 Å². The van der Waals surface area contributed by atoms with Gasteiger partial charge >= 0.3 is 0 Å². The largest absolute Gasteiger partial charge is 0.387 e. The first-order valence-corrected chi connectivity index (χ1v) is 8.59. The van der Waals surface area contributed by atoms with Gasteiger partial charge in [0.15, 0.2) is 0 Å². The molecule has 2 N–H and O–H groups in total. The Morgan fingerprint density at radius 2 is 2.04 bits per heavy atom. The van der Waals surface area contributed by atoms with E-state index >= 15 is 0 Å². The molecule has 1 atom stereocenters. The van der Waals surface area contributed by atoms with Crippen LogP contribution in [0.1, 0.15) is 50.0 Å². The highest BCUT2D eigenvalue weighted by atomic mass is 19.1. The second kappa shape index (κ2) is 7.31. The lowest BCUT2D eigenvalue weighted by Gasteiger charge is -2.30. The van der Waals surface area contributed by atoms with E-state index in [1.807, 2.05) is 12.1 Å². The van der Waals surface area contributed by atoms with E-state index in [2.05, 4.69) is 15.6 Å². The first-order chi connectivity index (χ1) is 12.0. The van der Waals surface area contributed by atoms with Crippen LogP contribution in [0.15, 0.2) is 30.5 Å². The predicted octanol–water partition coefficient (Wildman–Crippen LogP) is 2.10. The van der Waals surface area contributed by atoms with Crippen LogP contribution >= 0.6 is 0 Å². The Labute approximate surface area is 146 Å². The minimum atomic E-state index is -0.711. The minimum Gasteiger partial charge on any atom is -0.387 e. The maximum atomic E-state index is 13.2. The van der Waals surface area contributed by atoms with Crippen molar-refractivity contribution in [2.24, 2.45) is 0 Å². The molecule has 0 spiro atoms. The van der Waals surface area contributed by atoms with Gasteiger partial charge in [0.25, 0.3) is 0 Å². The van der Waals surface area contributed by atoms with Gasteiger partial charge in [-0.15, -0.1) is 5.10 Å². The van der Waals surface area contributed by atoms with Crippen molar-refractivity contribution >= 4 is 5.91 Å². The molecule has 7 heteroatoms. The maximum Gasteiger partial charge on any atom is 0.241 e. The van der Waals surface area contributed by atoms with Gasteiger partial charge in [0.05, 0.1) is 12.3 Å². The summed E-state index contributed by atoms with van der Waals surface area (Å²) < 4.78 is 14.6. The van der Waals surface area contributed by atoms with E-state index in [0.717, 1.165) is 31.2 Å². The Morgan fingerprint density at radius 1 is 1.36 bits per heavy atom. The Bertz CT molecular complexity index is 721. The van der Waals surface area contributed by atoms with E-state index in [1.54, 1.807) is 13.1 Å². The molecule has 134 valence electrons. The van der Waals surface area contributed by atoms with Gasteiger partial charge in [-0.25, -0.2) is 9.07 Å². The highest BCUT2D eigenvalue weighted by Gasteiger charge is 2.35. The van der Waals surface area contributed by atoms with E-state index < -0.39 is 6.10 Å². The first kappa shape index (κ1) is 17.5. The molecule has 0 unspecified atom stereocenters. The van der Waals surface area contributed by atoms with Gasteiger partial charge in [0.1, 0.15) is 18.1 Å². The molecule has 1 aliphatic rings. The van der Waals surface area contributed by atoms with Crippen molar-refractivity contribution in [3.05, 3.63) is 47.5 Å². The quantitative estimate of drug-likeness (QED) is 0.839. The average Bonchev–Trinajstić information content (AvgIpc) is 3.24. The zero-order valence-corrected chi connectivity index (χ0v) is 14.3. The van der Waals surface area contributed by atoms with Crippen LogP contribution in [0.2, 0.25) is 0 Å². The Balaban J connectivity index is 1.63. The third-order valence-corrected chi connectivity index (χ3v) is 4.93. The second-order valence-electron chi connectivity index (χ2n) is 6.79. The molecule has 0 bridgehead atoms. The second-order valence-corrected chi connectivity index (χ2v) is 6.79. The first-order valence-electron chi connectivity index (χ1n) is 8.59. The van der Waals surface area contributed by atoms with Gasteiger partial charge in [-0.2, -0.15) is 0 Å². The van der Waals surface area contributed by atoms with E-state index in [0.29, 0.717) is 12.2 Å². The fourth-order valence-corrected chi connectivity index (χ4v) is 3.48. The molecule has 1 saturated carbocycles. The summed E-state index contributed by atoms with van der Waals surface area (Å²) in [5, 5.41) is 20.1. The van der Waals surface area contributed by atoms with Gasteiger partial charge in [-0.05, 0) is 37.5 Å². The zero-order valence-electron chi connectivity index (χ0n) is 14.3. The molecular weight excluding hydrogens is 323 g/mol. The van der Waals surface area contributed by atoms with E-state index in [1.165, 1.54) is 16.8 Å². The normalized spacial score (nSPS) is 17.4. The van der Waals surface area contributed by atoms with Gasteiger partial charge in [0.2, 0.25) is 5.91 Å².